The van der Waals surface area contributed by atoms with Gasteiger partial charge in [0.1, 0.15) is 0 Å². The van der Waals surface area contributed by atoms with Gasteiger partial charge in [0.05, 0.1) is 0 Å². The molecule has 1 aromatic rings. The molecule has 0 aromatic heterocycles. The van der Waals surface area contributed by atoms with Gasteiger partial charge >= 0.3 is 0 Å². The number of benzene rings is 1. The fraction of sp³-hybridized carbons (Fsp3) is 0.500. The van der Waals surface area contributed by atoms with Gasteiger partial charge in [0.15, 0.2) is 5.78 Å². The van der Waals surface area contributed by atoms with E-state index >= 15 is 0 Å². The third-order valence-corrected chi connectivity index (χ3v) is 6.18. The molecule has 2 aliphatic rings. The van der Waals surface area contributed by atoms with Gasteiger partial charge in [-0.05, 0) is 48.8 Å². The third kappa shape index (κ3) is 1.96. The summed E-state index contributed by atoms with van der Waals surface area (Å²) in [5.74, 6) is 0.679. The van der Waals surface area contributed by atoms with Gasteiger partial charge in [0, 0.05) is 27.9 Å². The summed E-state index contributed by atoms with van der Waals surface area (Å²) >= 11 is 6.04. The molecule has 2 aliphatic carbocycles. The molecule has 0 amide bonds. The molecule has 3 rings (SSSR count). The number of ketones is 1. The first kappa shape index (κ1) is 14.6. The van der Waals surface area contributed by atoms with Crippen LogP contribution in [0, 0.1) is 23.7 Å². The van der Waals surface area contributed by atoms with Crippen LogP contribution in [0.15, 0.2) is 30.0 Å². The van der Waals surface area contributed by atoms with Crippen LogP contribution in [0.4, 0.5) is 5.69 Å². The van der Waals surface area contributed by atoms with Crippen molar-refractivity contribution < 1.29 is 4.79 Å². The molecule has 0 heterocycles. The molecule has 0 unspecified atom stereocenters. The number of rotatable bonds is 2. The SMILES string of the molecule is Cc1ccc(Cl)cc1N/C=C1\C(=O)[C@]2(C)CC[C@@H]1C2(C)C. The molecule has 1 N–H and O–H groups in total. The van der Waals surface area contributed by atoms with E-state index in [4.69, 9.17) is 11.6 Å². The lowest BCUT2D eigenvalue weighted by Crippen LogP contribution is -2.32. The summed E-state index contributed by atoms with van der Waals surface area (Å²) in [4.78, 5) is 12.7. The number of fused-ring (bicyclic) bond motifs is 2. The van der Waals surface area contributed by atoms with E-state index in [0.29, 0.717) is 16.7 Å². The van der Waals surface area contributed by atoms with Gasteiger partial charge in [0.25, 0.3) is 0 Å². The minimum absolute atomic E-state index is 0.0565. The van der Waals surface area contributed by atoms with Crippen LogP contribution in [-0.4, -0.2) is 5.78 Å². The Bertz CT molecular complexity index is 647. The normalized spacial score (nSPS) is 32.0. The van der Waals surface area contributed by atoms with E-state index in [1.54, 1.807) is 0 Å². The zero-order valence-corrected chi connectivity index (χ0v) is 13.8. The van der Waals surface area contributed by atoms with Gasteiger partial charge in [-0.25, -0.2) is 0 Å². The summed E-state index contributed by atoms with van der Waals surface area (Å²) in [5.41, 5.74) is 2.90. The molecular formula is C18H22ClNO. The number of hydrogen-bond donors (Lipinski definition) is 1. The summed E-state index contributed by atoms with van der Waals surface area (Å²) in [6.45, 7) is 8.62. The summed E-state index contributed by atoms with van der Waals surface area (Å²) < 4.78 is 0. The number of halogens is 1. The van der Waals surface area contributed by atoms with Gasteiger partial charge in [-0.1, -0.05) is 38.4 Å². The van der Waals surface area contributed by atoms with Crippen LogP contribution < -0.4 is 5.32 Å². The largest absolute Gasteiger partial charge is 0.361 e. The summed E-state index contributed by atoms with van der Waals surface area (Å²) in [7, 11) is 0. The van der Waals surface area contributed by atoms with Crippen LogP contribution in [0.2, 0.25) is 5.02 Å². The second kappa shape index (κ2) is 4.61. The molecule has 0 radical (unpaired) electrons. The number of allylic oxidation sites excluding steroid dienone is 1. The van der Waals surface area contributed by atoms with Crippen molar-refractivity contribution in [2.24, 2.45) is 16.7 Å². The second-order valence-corrected chi connectivity index (χ2v) is 7.61. The van der Waals surface area contributed by atoms with E-state index < -0.39 is 0 Å². The number of carbonyl (C=O) groups excluding carboxylic acids is 1. The van der Waals surface area contributed by atoms with Crippen LogP contribution >= 0.6 is 11.6 Å². The average Bonchev–Trinajstić information content (AvgIpc) is 2.73. The first-order valence-corrected chi connectivity index (χ1v) is 7.93. The van der Waals surface area contributed by atoms with Crippen LogP contribution in [0.1, 0.15) is 39.2 Å². The molecule has 2 atom stereocenters. The highest BCUT2D eigenvalue weighted by atomic mass is 35.5. The average molecular weight is 304 g/mol. The maximum absolute atomic E-state index is 12.7. The molecule has 1 aromatic carbocycles. The fourth-order valence-electron chi connectivity index (χ4n) is 4.00. The minimum atomic E-state index is -0.200. The molecule has 2 fully saturated rings. The topological polar surface area (TPSA) is 29.1 Å². The van der Waals surface area contributed by atoms with E-state index in [1.807, 2.05) is 31.3 Å². The van der Waals surface area contributed by atoms with Gasteiger partial charge in [-0.3, -0.25) is 4.79 Å². The Kier molecular flexibility index (Phi) is 3.21. The van der Waals surface area contributed by atoms with Gasteiger partial charge < -0.3 is 5.32 Å². The number of Topliss-reactive ketones (excluding diaryl/α,β-unsaturated/α-hetero) is 1. The Hall–Kier alpha value is -1.28. The van der Waals surface area contributed by atoms with Crippen LogP contribution in [-0.2, 0) is 4.79 Å². The minimum Gasteiger partial charge on any atom is -0.361 e. The van der Waals surface area contributed by atoms with E-state index in [9.17, 15) is 4.79 Å². The molecule has 0 saturated heterocycles. The molecule has 2 nitrogen and oxygen atoms in total. The van der Waals surface area contributed by atoms with Gasteiger partial charge in [-0.15, -0.1) is 0 Å². The van der Waals surface area contributed by atoms with E-state index in [1.165, 1.54) is 0 Å². The standard InChI is InChI=1S/C18H22ClNO/c1-11-5-6-12(19)9-15(11)20-10-13-14-7-8-18(4,16(13)21)17(14,2)3/h5-6,9-10,14,20H,7-8H2,1-4H3/b13-10-/t14-,18-/m0/s1. The van der Waals surface area contributed by atoms with Crippen LogP contribution in [0.3, 0.4) is 0 Å². The Balaban J connectivity index is 1.92. The molecule has 21 heavy (non-hydrogen) atoms. The molecule has 2 bridgehead atoms. The molecule has 0 aliphatic heterocycles. The van der Waals surface area contributed by atoms with E-state index in [0.717, 1.165) is 29.7 Å². The highest BCUT2D eigenvalue weighted by Gasteiger charge is 2.63. The first-order valence-electron chi connectivity index (χ1n) is 7.55. The second-order valence-electron chi connectivity index (χ2n) is 7.18. The Morgan fingerprint density at radius 2 is 2.05 bits per heavy atom. The first-order chi connectivity index (χ1) is 9.77. The van der Waals surface area contributed by atoms with Crippen molar-refractivity contribution >= 4 is 23.1 Å². The molecule has 2 saturated carbocycles. The van der Waals surface area contributed by atoms with Crippen molar-refractivity contribution in [3.63, 3.8) is 0 Å². The lowest BCUT2D eigenvalue weighted by atomic mass is 9.70. The number of hydrogen-bond acceptors (Lipinski definition) is 2. The van der Waals surface area contributed by atoms with Crippen LogP contribution in [0.5, 0.6) is 0 Å². The Morgan fingerprint density at radius 1 is 1.33 bits per heavy atom. The lowest BCUT2D eigenvalue weighted by molar-refractivity contribution is -0.125. The monoisotopic (exact) mass is 303 g/mol. The molecular weight excluding hydrogens is 282 g/mol. The molecule has 112 valence electrons. The predicted octanol–water partition coefficient (Wildman–Crippen LogP) is 4.97. The zero-order valence-electron chi connectivity index (χ0n) is 13.1. The molecule has 3 heteroatoms. The van der Waals surface area contributed by atoms with Crippen molar-refractivity contribution in [3.8, 4) is 0 Å². The van der Waals surface area contributed by atoms with E-state index in [2.05, 4.69) is 26.1 Å². The number of nitrogens with one attached hydrogen (secondary N) is 1. The summed E-state index contributed by atoms with van der Waals surface area (Å²) in [6.07, 6.45) is 4.03. The maximum Gasteiger partial charge on any atom is 0.167 e. The van der Waals surface area contributed by atoms with Crippen molar-refractivity contribution in [3.05, 3.63) is 40.6 Å². The van der Waals surface area contributed by atoms with Crippen LogP contribution in [0.25, 0.3) is 0 Å². The smallest absolute Gasteiger partial charge is 0.167 e. The Morgan fingerprint density at radius 3 is 2.67 bits per heavy atom. The zero-order chi connectivity index (χ0) is 15.4. The van der Waals surface area contributed by atoms with Gasteiger partial charge in [0.2, 0.25) is 0 Å². The summed E-state index contributed by atoms with van der Waals surface area (Å²) in [5, 5.41) is 4.00. The third-order valence-electron chi connectivity index (χ3n) is 5.95. The van der Waals surface area contributed by atoms with Crippen molar-refractivity contribution in [2.75, 3.05) is 5.32 Å². The summed E-state index contributed by atoms with van der Waals surface area (Å²) in [6, 6.07) is 5.76. The highest BCUT2D eigenvalue weighted by Crippen LogP contribution is 2.65. The van der Waals surface area contributed by atoms with Crippen molar-refractivity contribution in [1.82, 2.24) is 0 Å². The number of anilines is 1. The Labute approximate surface area is 131 Å². The van der Waals surface area contributed by atoms with Crippen molar-refractivity contribution in [1.29, 1.82) is 0 Å². The maximum atomic E-state index is 12.7. The van der Waals surface area contributed by atoms with E-state index in [-0.39, 0.29) is 10.8 Å². The molecule has 0 spiro atoms. The lowest BCUT2D eigenvalue weighted by Gasteiger charge is -2.31. The predicted molar refractivity (Wildman–Crippen MR) is 87.5 cm³/mol. The number of aryl methyl sites for hydroxylation is 1. The highest BCUT2D eigenvalue weighted by molar-refractivity contribution is 6.30. The number of carbonyl (C=O) groups is 1. The quantitative estimate of drug-likeness (QED) is 0.782. The fourth-order valence-corrected chi connectivity index (χ4v) is 4.17. The van der Waals surface area contributed by atoms with Crippen molar-refractivity contribution in [2.45, 2.75) is 40.5 Å². The van der Waals surface area contributed by atoms with Gasteiger partial charge in [-0.2, -0.15) is 0 Å².